The third kappa shape index (κ3) is 5.43. The molecular weight excluding hydrogens is 426 g/mol. The SMILES string of the molecule is C[C@H](CNC(=O)[C@@H](C)Sc1nnc(-c2cccc(Br)c2)o1)c1ccccc1. The van der Waals surface area contributed by atoms with E-state index in [2.05, 4.69) is 50.5 Å². The summed E-state index contributed by atoms with van der Waals surface area (Å²) < 4.78 is 6.62. The minimum atomic E-state index is -0.330. The fourth-order valence-corrected chi connectivity index (χ4v) is 3.60. The Morgan fingerprint density at radius 3 is 2.67 bits per heavy atom. The number of aromatic nitrogens is 2. The van der Waals surface area contributed by atoms with Crippen LogP contribution < -0.4 is 5.32 Å². The van der Waals surface area contributed by atoms with Crippen molar-refractivity contribution in [3.63, 3.8) is 0 Å². The molecule has 140 valence electrons. The molecule has 2 aromatic carbocycles. The molecule has 0 saturated carbocycles. The molecule has 0 radical (unpaired) electrons. The molecular formula is C20H20BrN3O2S. The molecule has 0 saturated heterocycles. The topological polar surface area (TPSA) is 68.0 Å². The number of nitrogens with one attached hydrogen (secondary N) is 1. The van der Waals surface area contributed by atoms with E-state index in [4.69, 9.17) is 4.42 Å². The summed E-state index contributed by atoms with van der Waals surface area (Å²) in [7, 11) is 0. The first-order chi connectivity index (χ1) is 13.0. The van der Waals surface area contributed by atoms with Crippen molar-refractivity contribution in [1.82, 2.24) is 15.5 Å². The Hall–Kier alpha value is -2.12. The quantitative estimate of drug-likeness (QED) is 0.523. The highest BCUT2D eigenvalue weighted by Crippen LogP contribution is 2.27. The maximum Gasteiger partial charge on any atom is 0.277 e. The minimum Gasteiger partial charge on any atom is -0.411 e. The van der Waals surface area contributed by atoms with E-state index in [-0.39, 0.29) is 17.1 Å². The van der Waals surface area contributed by atoms with E-state index in [1.54, 1.807) is 0 Å². The van der Waals surface area contributed by atoms with Crippen molar-refractivity contribution in [2.45, 2.75) is 30.2 Å². The van der Waals surface area contributed by atoms with Gasteiger partial charge in [-0.2, -0.15) is 0 Å². The number of rotatable bonds is 7. The number of benzene rings is 2. The summed E-state index contributed by atoms with van der Waals surface area (Å²) in [5, 5.41) is 11.1. The van der Waals surface area contributed by atoms with Crippen molar-refractivity contribution in [3.8, 4) is 11.5 Å². The number of carbonyl (C=O) groups excluding carboxylic acids is 1. The number of amides is 1. The van der Waals surface area contributed by atoms with E-state index in [0.717, 1.165) is 10.0 Å². The first-order valence-corrected chi connectivity index (χ1v) is 10.3. The molecule has 0 aliphatic carbocycles. The third-order valence-electron chi connectivity index (χ3n) is 4.08. The number of hydrogen-bond acceptors (Lipinski definition) is 5. The van der Waals surface area contributed by atoms with Crippen LogP contribution in [0.15, 0.2) is 68.7 Å². The predicted octanol–water partition coefficient (Wildman–Crippen LogP) is 4.90. The van der Waals surface area contributed by atoms with Gasteiger partial charge in [-0.3, -0.25) is 4.79 Å². The molecule has 1 heterocycles. The standard InChI is InChI=1S/C20H20BrN3O2S/c1-13(15-7-4-3-5-8-15)12-22-18(25)14(2)27-20-24-23-19(26-20)16-9-6-10-17(21)11-16/h3-11,13-14H,12H2,1-2H3,(H,22,25)/t13-,14-/m1/s1. The van der Waals surface area contributed by atoms with Gasteiger partial charge < -0.3 is 9.73 Å². The monoisotopic (exact) mass is 445 g/mol. The summed E-state index contributed by atoms with van der Waals surface area (Å²) in [6, 6.07) is 17.8. The molecule has 0 aliphatic heterocycles. The number of nitrogens with zero attached hydrogens (tertiary/aromatic N) is 2. The van der Waals surface area contributed by atoms with Crippen LogP contribution in [0.4, 0.5) is 0 Å². The van der Waals surface area contributed by atoms with Crippen LogP contribution in [0.5, 0.6) is 0 Å². The average Bonchev–Trinajstić information content (AvgIpc) is 3.15. The van der Waals surface area contributed by atoms with Gasteiger partial charge in [0.05, 0.1) is 5.25 Å². The van der Waals surface area contributed by atoms with Crippen LogP contribution >= 0.6 is 27.7 Å². The fraction of sp³-hybridized carbons (Fsp3) is 0.250. The summed E-state index contributed by atoms with van der Waals surface area (Å²) >= 11 is 4.68. The van der Waals surface area contributed by atoms with Crippen LogP contribution in [0.3, 0.4) is 0 Å². The lowest BCUT2D eigenvalue weighted by Crippen LogP contribution is -2.33. The van der Waals surface area contributed by atoms with Gasteiger partial charge in [0.15, 0.2) is 0 Å². The van der Waals surface area contributed by atoms with Gasteiger partial charge in [-0.05, 0) is 36.6 Å². The molecule has 1 aromatic heterocycles. The zero-order valence-electron chi connectivity index (χ0n) is 15.1. The van der Waals surface area contributed by atoms with Crippen molar-refractivity contribution in [1.29, 1.82) is 0 Å². The Labute approximate surface area is 171 Å². The maximum atomic E-state index is 12.4. The highest BCUT2D eigenvalue weighted by molar-refractivity contribution is 9.10. The van der Waals surface area contributed by atoms with E-state index in [0.29, 0.717) is 17.7 Å². The third-order valence-corrected chi connectivity index (χ3v) is 5.50. The highest BCUT2D eigenvalue weighted by atomic mass is 79.9. The molecule has 0 unspecified atom stereocenters. The molecule has 1 N–H and O–H groups in total. The zero-order valence-corrected chi connectivity index (χ0v) is 17.5. The Bertz CT molecular complexity index is 901. The molecule has 27 heavy (non-hydrogen) atoms. The second kappa shape index (κ2) is 9.19. The summed E-state index contributed by atoms with van der Waals surface area (Å²) in [6.45, 7) is 4.51. The first kappa shape index (κ1) is 19.6. The molecule has 1 amide bonds. The first-order valence-electron chi connectivity index (χ1n) is 8.61. The second-order valence-corrected chi connectivity index (χ2v) is 8.41. The van der Waals surface area contributed by atoms with Crippen molar-refractivity contribution < 1.29 is 9.21 Å². The highest BCUT2D eigenvalue weighted by Gasteiger charge is 2.19. The smallest absolute Gasteiger partial charge is 0.277 e. The van der Waals surface area contributed by atoms with Gasteiger partial charge in [0.1, 0.15) is 0 Å². The Morgan fingerprint density at radius 2 is 1.93 bits per heavy atom. The van der Waals surface area contributed by atoms with Gasteiger partial charge in [0.25, 0.3) is 5.22 Å². The average molecular weight is 446 g/mol. The Morgan fingerprint density at radius 1 is 1.15 bits per heavy atom. The van der Waals surface area contributed by atoms with E-state index in [1.165, 1.54) is 17.3 Å². The molecule has 3 aromatic rings. The van der Waals surface area contributed by atoms with Crippen molar-refractivity contribution >= 4 is 33.6 Å². The zero-order chi connectivity index (χ0) is 19.2. The molecule has 0 spiro atoms. The lowest BCUT2D eigenvalue weighted by molar-refractivity contribution is -0.120. The normalized spacial score (nSPS) is 13.1. The van der Waals surface area contributed by atoms with Crippen LogP contribution in [0.25, 0.3) is 11.5 Å². The van der Waals surface area contributed by atoms with Crippen molar-refractivity contribution in [2.24, 2.45) is 0 Å². The Balaban J connectivity index is 1.54. The summed E-state index contributed by atoms with van der Waals surface area (Å²) in [4.78, 5) is 12.4. The molecule has 3 rings (SSSR count). The molecule has 2 atom stereocenters. The number of halogens is 1. The number of carbonyl (C=O) groups is 1. The lowest BCUT2D eigenvalue weighted by atomic mass is 10.0. The maximum absolute atomic E-state index is 12.4. The predicted molar refractivity (Wildman–Crippen MR) is 111 cm³/mol. The van der Waals surface area contributed by atoms with E-state index in [9.17, 15) is 4.79 Å². The van der Waals surface area contributed by atoms with E-state index >= 15 is 0 Å². The summed E-state index contributed by atoms with van der Waals surface area (Å²) in [6.07, 6.45) is 0. The van der Waals surface area contributed by atoms with Gasteiger partial charge in [0, 0.05) is 16.6 Å². The number of hydrogen-bond donors (Lipinski definition) is 1. The molecule has 7 heteroatoms. The summed E-state index contributed by atoms with van der Waals surface area (Å²) in [5.41, 5.74) is 2.03. The van der Waals surface area contributed by atoms with Gasteiger partial charge >= 0.3 is 0 Å². The van der Waals surface area contributed by atoms with Gasteiger partial charge in [-0.15, -0.1) is 10.2 Å². The van der Waals surface area contributed by atoms with Crippen molar-refractivity contribution in [2.75, 3.05) is 6.54 Å². The van der Waals surface area contributed by atoms with Crippen LogP contribution in [0.1, 0.15) is 25.3 Å². The van der Waals surface area contributed by atoms with E-state index < -0.39 is 0 Å². The van der Waals surface area contributed by atoms with Crippen LogP contribution in [0.2, 0.25) is 0 Å². The molecule has 0 bridgehead atoms. The van der Waals surface area contributed by atoms with Gasteiger partial charge in [0.2, 0.25) is 11.8 Å². The van der Waals surface area contributed by atoms with Gasteiger partial charge in [-0.1, -0.05) is 71.0 Å². The second-order valence-electron chi connectivity index (χ2n) is 6.20. The van der Waals surface area contributed by atoms with Gasteiger partial charge in [-0.25, -0.2) is 0 Å². The van der Waals surface area contributed by atoms with E-state index in [1.807, 2.05) is 49.4 Å². The van der Waals surface area contributed by atoms with Crippen LogP contribution in [-0.2, 0) is 4.79 Å². The van der Waals surface area contributed by atoms with Crippen LogP contribution in [-0.4, -0.2) is 27.9 Å². The molecule has 0 aliphatic rings. The largest absolute Gasteiger partial charge is 0.411 e. The lowest BCUT2D eigenvalue weighted by Gasteiger charge is -2.15. The number of thioether (sulfide) groups is 1. The Kier molecular flexibility index (Phi) is 6.68. The van der Waals surface area contributed by atoms with Crippen molar-refractivity contribution in [3.05, 3.63) is 64.6 Å². The fourth-order valence-electron chi connectivity index (χ4n) is 2.50. The summed E-state index contributed by atoms with van der Waals surface area (Å²) in [5.74, 6) is 0.632. The molecule has 0 fully saturated rings. The van der Waals surface area contributed by atoms with Crippen LogP contribution in [0, 0.1) is 0 Å². The molecule has 5 nitrogen and oxygen atoms in total. The minimum absolute atomic E-state index is 0.0509.